The molecule has 0 bridgehead atoms. The number of rotatable bonds is 26. The van der Waals surface area contributed by atoms with Gasteiger partial charge in [-0.15, -0.1) is 0 Å². The first-order valence-electron chi connectivity index (χ1n) is 28.0. The Morgan fingerprint density at radius 3 is 1.78 bits per heavy atom. The molecule has 0 aromatic heterocycles. The highest BCUT2D eigenvalue weighted by Crippen LogP contribution is 2.25. The number of nitrogens with one attached hydrogen (secondary N) is 8. The van der Waals surface area contributed by atoms with Gasteiger partial charge in [-0.1, -0.05) is 76.8 Å². The molecule has 33 nitrogen and oxygen atoms in total. The number of aliphatic hydroxyl groups is 9. The highest BCUT2D eigenvalue weighted by Gasteiger charge is 2.43. The van der Waals surface area contributed by atoms with Crippen molar-refractivity contribution in [1.82, 2.24) is 42.5 Å². The summed E-state index contributed by atoms with van der Waals surface area (Å²) in [6.07, 6.45) is -12.6. The molecular formula is C52H85N11O22. The third-order valence-corrected chi connectivity index (χ3v) is 14.0. The van der Waals surface area contributed by atoms with E-state index in [2.05, 4.69) is 38.8 Å². The minimum atomic E-state index is -2.66. The van der Waals surface area contributed by atoms with Crippen LogP contribution in [0.3, 0.4) is 0 Å². The van der Waals surface area contributed by atoms with Gasteiger partial charge in [0.05, 0.1) is 45.0 Å². The molecule has 2 aliphatic rings. The Hall–Kier alpha value is -6.76. The highest BCUT2D eigenvalue weighted by atomic mass is 16.7. The summed E-state index contributed by atoms with van der Waals surface area (Å²) in [5, 5.41) is 125. The summed E-state index contributed by atoms with van der Waals surface area (Å²) in [6.45, 7) is -2.28. The fourth-order valence-electron chi connectivity index (χ4n) is 9.10. The van der Waals surface area contributed by atoms with Crippen molar-refractivity contribution >= 4 is 59.1 Å². The Kier molecular flexibility index (Phi) is 31.5. The third kappa shape index (κ3) is 23.9. The van der Waals surface area contributed by atoms with E-state index in [0.717, 1.165) is 69.2 Å². The monoisotopic (exact) mass is 1220 g/mol. The lowest BCUT2D eigenvalue weighted by atomic mass is 9.94. The molecule has 2 aliphatic heterocycles. The maximum absolute atomic E-state index is 14.2. The van der Waals surface area contributed by atoms with E-state index in [1.54, 1.807) is 0 Å². The second-order valence-corrected chi connectivity index (χ2v) is 20.8. The smallest absolute Gasteiger partial charge is 0.248 e. The summed E-state index contributed by atoms with van der Waals surface area (Å²) in [6, 6.07) is -9.69. The predicted octanol–water partition coefficient (Wildman–Crippen LogP) is -8.75. The molecule has 4 unspecified atom stereocenters. The van der Waals surface area contributed by atoms with Gasteiger partial charge in [0.2, 0.25) is 59.1 Å². The molecule has 2 fully saturated rings. The number of aliphatic hydroxyl groups excluding tert-OH is 9. The van der Waals surface area contributed by atoms with Gasteiger partial charge >= 0.3 is 0 Å². The molecule has 85 heavy (non-hydrogen) atoms. The van der Waals surface area contributed by atoms with Gasteiger partial charge in [0.1, 0.15) is 72.5 Å². The van der Waals surface area contributed by atoms with Crippen LogP contribution in [0, 0.1) is 0 Å². The van der Waals surface area contributed by atoms with Crippen molar-refractivity contribution in [3.63, 3.8) is 0 Å². The minimum absolute atomic E-state index is 0.0391. The standard InChI is InChI=1S/C52H85N11O22/c1-2-3-4-5-6-7-8-9-10-11-34(85-52-44(76)42(74)33(68)24-84-52)41(73)32(67)18-26-19-36(70)59-30(22-64)48(80)62-38(40(72)25-12-14-27(66)15-13-25)51(83)60-28(16-17-53)46(78)56-21-37(71)58-29(20-35(54)69)47(79)61-31(23-65)49(81)63-39(50(82)57-26)43(75)45(55)77/h12-15,26,28-34,38-44,52,64-68,72-76H,2-11,16-24,53H2,1H3,(H2,54,69)(H2,55,77)(H,56,78)(H,57,82)(H,58,71)(H,59,70)(H,60,83)(H,61,79)(H,62,80)(H,63,81)/t26?,28-,29?,30-,31+,32-,33-,34+,38?,39?,40-,41-,42+,43+,44-,52-/m1/s1. The van der Waals surface area contributed by atoms with Gasteiger partial charge in [-0.05, 0) is 43.5 Å². The number of carbonyl (C=O) groups excluding carboxylic acids is 10. The van der Waals surface area contributed by atoms with Crippen LogP contribution in [-0.2, 0) is 57.4 Å². The number of nitrogens with two attached hydrogens (primary N) is 3. The Balaban J connectivity index is 2.15. The minimum Gasteiger partial charge on any atom is -0.508 e. The second kappa shape index (κ2) is 36.9. The first-order valence-corrected chi connectivity index (χ1v) is 28.0. The quantitative estimate of drug-likeness (QED) is 0.0383. The normalized spacial score (nSPS) is 27.5. The summed E-state index contributed by atoms with van der Waals surface area (Å²) in [7, 11) is 0. The molecule has 16 atom stereocenters. The van der Waals surface area contributed by atoms with E-state index < -0.39 is 202 Å². The van der Waals surface area contributed by atoms with Gasteiger partial charge in [-0.25, -0.2) is 0 Å². The lowest BCUT2D eigenvalue weighted by Crippen LogP contribution is -2.63. The number of unbranched alkanes of at least 4 members (excludes halogenated alkanes) is 8. The summed E-state index contributed by atoms with van der Waals surface area (Å²) in [4.78, 5) is 135. The van der Waals surface area contributed by atoms with Gasteiger partial charge in [0, 0.05) is 12.5 Å². The topological polar surface area (TPSA) is 566 Å². The van der Waals surface area contributed by atoms with E-state index in [4.69, 9.17) is 26.7 Å². The van der Waals surface area contributed by atoms with Gasteiger partial charge in [0.15, 0.2) is 12.4 Å². The number of aromatic hydroxyl groups is 1. The van der Waals surface area contributed by atoms with Gasteiger partial charge in [-0.3, -0.25) is 47.9 Å². The summed E-state index contributed by atoms with van der Waals surface area (Å²) in [5.41, 5.74) is 16.2. The molecule has 480 valence electrons. The van der Waals surface area contributed by atoms with Crippen LogP contribution >= 0.6 is 0 Å². The molecule has 0 spiro atoms. The fraction of sp³-hybridized carbons (Fsp3) is 0.692. The Bertz CT molecular complexity index is 2360. The zero-order valence-electron chi connectivity index (χ0n) is 47.1. The molecule has 24 N–H and O–H groups in total. The van der Waals surface area contributed by atoms with Crippen LogP contribution in [0.5, 0.6) is 5.75 Å². The van der Waals surface area contributed by atoms with Crippen molar-refractivity contribution in [2.45, 2.75) is 194 Å². The first-order chi connectivity index (χ1) is 40.3. The van der Waals surface area contributed by atoms with E-state index in [1.807, 2.05) is 10.6 Å². The predicted molar refractivity (Wildman–Crippen MR) is 292 cm³/mol. The Labute approximate surface area is 488 Å². The lowest BCUT2D eigenvalue weighted by Gasteiger charge is -2.38. The molecule has 10 amide bonds. The van der Waals surface area contributed by atoms with E-state index in [0.29, 0.717) is 12.8 Å². The number of carbonyl (C=O) groups is 10. The van der Waals surface area contributed by atoms with Gasteiger partial charge in [0.25, 0.3) is 0 Å². The first kappa shape index (κ1) is 72.5. The van der Waals surface area contributed by atoms with Crippen molar-refractivity contribution in [3.8, 4) is 5.75 Å². The Morgan fingerprint density at radius 2 is 1.20 bits per heavy atom. The molecule has 0 saturated carbocycles. The molecular weight excluding hydrogens is 1130 g/mol. The van der Waals surface area contributed by atoms with Gasteiger partial charge < -0.3 is 120 Å². The SMILES string of the molecule is CCCCCCCCCCC[C@H](O[C@H]1OC[C@@H](O)[C@H](O)[C@H]1O)[C@H](O)[C@H](O)CC1CC(=O)N[C@H](CO)C(=O)NC([C@H](O)c2ccc(O)cc2)C(=O)N[C@H](CCN)C(=O)NCC(=O)NC(CC(N)=O)C(=O)N[C@@H](CO)C(=O)NC([C@H](O)C(N)=O)C(=O)N1. The maximum atomic E-state index is 14.2. The largest absolute Gasteiger partial charge is 0.508 e. The zero-order valence-corrected chi connectivity index (χ0v) is 47.1. The van der Waals surface area contributed by atoms with Crippen molar-refractivity contribution < 1.29 is 108 Å². The van der Waals surface area contributed by atoms with Crippen molar-refractivity contribution in [2.24, 2.45) is 17.2 Å². The van der Waals surface area contributed by atoms with Crippen LogP contribution < -0.4 is 59.7 Å². The average molecular weight is 1220 g/mol. The van der Waals surface area contributed by atoms with Crippen LogP contribution in [0.15, 0.2) is 24.3 Å². The zero-order chi connectivity index (χ0) is 63.5. The molecule has 0 aliphatic carbocycles. The van der Waals surface area contributed by atoms with Crippen LogP contribution in [0.1, 0.15) is 108 Å². The summed E-state index contributed by atoms with van der Waals surface area (Å²) >= 11 is 0. The van der Waals surface area contributed by atoms with Crippen LogP contribution in [-0.4, -0.2) is 234 Å². The number of primary amides is 2. The fourth-order valence-corrected chi connectivity index (χ4v) is 9.10. The van der Waals surface area contributed by atoms with Crippen molar-refractivity contribution in [2.75, 3.05) is 32.9 Å². The lowest BCUT2D eigenvalue weighted by molar-refractivity contribution is -0.293. The number of amides is 10. The second-order valence-electron chi connectivity index (χ2n) is 20.8. The number of hydrogen-bond acceptors (Lipinski definition) is 23. The van der Waals surface area contributed by atoms with E-state index in [1.165, 1.54) is 0 Å². The number of ether oxygens (including phenoxy) is 2. The molecule has 33 heteroatoms. The number of phenols is 1. The highest BCUT2D eigenvalue weighted by molar-refractivity contribution is 5.99. The van der Waals surface area contributed by atoms with Crippen LogP contribution in [0.2, 0.25) is 0 Å². The van der Waals surface area contributed by atoms with Crippen molar-refractivity contribution in [3.05, 3.63) is 29.8 Å². The molecule has 0 radical (unpaired) electrons. The van der Waals surface area contributed by atoms with E-state index in [-0.39, 0.29) is 30.7 Å². The van der Waals surface area contributed by atoms with Gasteiger partial charge in [-0.2, -0.15) is 0 Å². The van der Waals surface area contributed by atoms with Crippen molar-refractivity contribution in [1.29, 1.82) is 0 Å². The molecule has 3 rings (SSSR count). The molecule has 2 saturated heterocycles. The van der Waals surface area contributed by atoms with E-state index in [9.17, 15) is 99.0 Å². The van der Waals surface area contributed by atoms with Crippen LogP contribution in [0.4, 0.5) is 0 Å². The van der Waals surface area contributed by atoms with Crippen LogP contribution in [0.25, 0.3) is 0 Å². The number of benzene rings is 1. The number of phenolic OH excluding ortho intramolecular Hbond substituents is 1. The maximum Gasteiger partial charge on any atom is 0.248 e. The molecule has 1 aromatic rings. The average Bonchev–Trinajstić information content (AvgIpc) is 3.21. The van der Waals surface area contributed by atoms with E-state index >= 15 is 0 Å². The molecule has 1 aromatic carbocycles. The summed E-state index contributed by atoms with van der Waals surface area (Å²) in [5.74, 6) is -13.9. The summed E-state index contributed by atoms with van der Waals surface area (Å²) < 4.78 is 11.3. The number of hydrogen-bond donors (Lipinski definition) is 21. The Morgan fingerprint density at radius 1 is 0.659 bits per heavy atom. The molecule has 2 heterocycles. The third-order valence-electron chi connectivity index (χ3n) is 14.0.